The van der Waals surface area contributed by atoms with E-state index in [0.29, 0.717) is 17.8 Å². The van der Waals surface area contributed by atoms with Crippen LogP contribution < -0.4 is 10.4 Å². The number of pyridine rings is 1. The fourth-order valence-electron chi connectivity index (χ4n) is 3.50. The number of hydroxylamine groups is 1. The summed E-state index contributed by atoms with van der Waals surface area (Å²) in [6.07, 6.45) is 4.47. The van der Waals surface area contributed by atoms with Crippen molar-refractivity contribution in [2.75, 3.05) is 5.06 Å². The average molecular weight is 484 g/mol. The van der Waals surface area contributed by atoms with Crippen molar-refractivity contribution in [2.24, 2.45) is 5.41 Å². The SMILES string of the molecule is CCCC[C@H](NC(=O)O[C@H](c1nnc(-c2cccnc2)o1)C(C)(C)C)C(=O)C1ON1c1ccn[nH]1. The van der Waals surface area contributed by atoms with Gasteiger partial charge in [0.25, 0.3) is 5.89 Å². The van der Waals surface area contributed by atoms with Crippen molar-refractivity contribution in [1.82, 2.24) is 30.7 Å². The quantitative estimate of drug-likeness (QED) is 0.409. The number of rotatable bonds is 10. The summed E-state index contributed by atoms with van der Waals surface area (Å²) in [6, 6.07) is 4.46. The Hall–Kier alpha value is -3.80. The highest BCUT2D eigenvalue weighted by Gasteiger charge is 2.47. The molecule has 4 heterocycles. The van der Waals surface area contributed by atoms with Crippen molar-refractivity contribution in [3.63, 3.8) is 0 Å². The minimum absolute atomic E-state index is 0.152. The predicted octanol–water partition coefficient (Wildman–Crippen LogP) is 3.57. The molecule has 1 unspecified atom stereocenters. The van der Waals surface area contributed by atoms with Crippen LogP contribution in [0, 0.1) is 5.41 Å². The highest BCUT2D eigenvalue weighted by atomic mass is 16.8. The second-order valence-electron chi connectivity index (χ2n) is 9.31. The molecule has 1 fully saturated rings. The lowest BCUT2D eigenvalue weighted by Gasteiger charge is -2.28. The summed E-state index contributed by atoms with van der Waals surface area (Å²) in [5.74, 6) is 0.716. The highest BCUT2D eigenvalue weighted by molar-refractivity contribution is 5.94. The third-order valence-corrected chi connectivity index (χ3v) is 5.41. The van der Waals surface area contributed by atoms with Gasteiger partial charge in [-0.05, 0) is 18.6 Å². The highest BCUT2D eigenvalue weighted by Crippen LogP contribution is 2.36. The smallest absolute Gasteiger partial charge is 0.408 e. The van der Waals surface area contributed by atoms with E-state index in [1.807, 2.05) is 27.7 Å². The van der Waals surface area contributed by atoms with Crippen molar-refractivity contribution in [3.8, 4) is 11.5 Å². The Labute approximate surface area is 202 Å². The van der Waals surface area contributed by atoms with Crippen LogP contribution in [-0.2, 0) is 14.4 Å². The molecule has 12 heteroatoms. The third kappa shape index (κ3) is 5.83. The van der Waals surface area contributed by atoms with Crippen molar-refractivity contribution in [3.05, 3.63) is 42.7 Å². The van der Waals surface area contributed by atoms with Crippen LogP contribution in [0.5, 0.6) is 0 Å². The van der Waals surface area contributed by atoms with E-state index in [4.69, 9.17) is 14.0 Å². The number of ketones is 1. The molecule has 186 valence electrons. The van der Waals surface area contributed by atoms with Gasteiger partial charge in [-0.15, -0.1) is 10.2 Å². The Kier molecular flexibility index (Phi) is 7.10. The van der Waals surface area contributed by atoms with E-state index in [2.05, 4.69) is 30.7 Å². The van der Waals surface area contributed by atoms with Gasteiger partial charge in [-0.25, -0.2) is 9.63 Å². The molecule has 0 aliphatic carbocycles. The zero-order valence-corrected chi connectivity index (χ0v) is 20.1. The number of hydrogen-bond acceptors (Lipinski definition) is 10. The molecule has 2 N–H and O–H groups in total. The molecule has 0 bridgehead atoms. The zero-order chi connectivity index (χ0) is 25.0. The Balaban J connectivity index is 1.45. The summed E-state index contributed by atoms with van der Waals surface area (Å²) in [5.41, 5.74) is 0.0931. The summed E-state index contributed by atoms with van der Waals surface area (Å²) in [6.45, 7) is 7.67. The lowest BCUT2D eigenvalue weighted by molar-refractivity contribution is -0.122. The first kappa shape index (κ1) is 24.3. The van der Waals surface area contributed by atoms with Crippen LogP contribution in [0.15, 0.2) is 41.2 Å². The van der Waals surface area contributed by atoms with Gasteiger partial charge in [0.15, 0.2) is 11.9 Å². The number of unbranched alkanes of at least 4 members (excludes halogenated alkanes) is 1. The molecule has 1 amide bonds. The number of amides is 1. The predicted molar refractivity (Wildman–Crippen MR) is 124 cm³/mol. The van der Waals surface area contributed by atoms with Gasteiger partial charge in [0.1, 0.15) is 0 Å². The Morgan fingerprint density at radius 2 is 2.09 bits per heavy atom. The number of alkyl carbamates (subject to hydrolysis) is 1. The molecule has 0 saturated carbocycles. The standard InChI is InChI=1S/C23H29N7O5/c1-5-6-9-15(17(31)21-30(35-21)16-10-12-25-27-16)26-22(32)33-18(23(2,3)4)20-29-28-19(34-20)14-8-7-11-24-13-14/h7-8,10-13,15,18,21H,5-6,9H2,1-4H3,(H,25,27)(H,26,32)/t15-,18+,21?,30?/m0/s1. The summed E-state index contributed by atoms with van der Waals surface area (Å²) >= 11 is 0. The van der Waals surface area contributed by atoms with Crippen molar-refractivity contribution >= 4 is 17.7 Å². The first-order valence-corrected chi connectivity index (χ1v) is 11.5. The summed E-state index contributed by atoms with van der Waals surface area (Å²) in [5, 5.41) is 18.9. The first-order chi connectivity index (χ1) is 16.8. The lowest BCUT2D eigenvalue weighted by atomic mass is 9.89. The molecule has 1 aliphatic heterocycles. The summed E-state index contributed by atoms with van der Waals surface area (Å²) in [4.78, 5) is 35.4. The van der Waals surface area contributed by atoms with Gasteiger partial charge in [0.05, 0.1) is 17.8 Å². The van der Waals surface area contributed by atoms with Crippen LogP contribution in [0.25, 0.3) is 11.5 Å². The molecular weight excluding hydrogens is 454 g/mol. The van der Waals surface area contributed by atoms with Gasteiger partial charge in [-0.2, -0.15) is 10.2 Å². The Morgan fingerprint density at radius 1 is 1.26 bits per heavy atom. The van der Waals surface area contributed by atoms with Crippen LogP contribution in [0.2, 0.25) is 0 Å². The van der Waals surface area contributed by atoms with E-state index in [1.54, 1.807) is 36.8 Å². The molecule has 3 aromatic rings. The minimum atomic E-state index is -0.846. The number of nitrogens with one attached hydrogen (secondary N) is 2. The third-order valence-electron chi connectivity index (χ3n) is 5.41. The first-order valence-electron chi connectivity index (χ1n) is 11.5. The van der Waals surface area contributed by atoms with Gasteiger partial charge in [-0.3, -0.25) is 14.9 Å². The normalized spacial score (nSPS) is 17.0. The molecule has 1 saturated heterocycles. The molecule has 0 spiro atoms. The van der Waals surface area contributed by atoms with Crippen LogP contribution in [0.4, 0.5) is 10.6 Å². The largest absolute Gasteiger partial charge is 0.436 e. The average Bonchev–Trinajstić information content (AvgIpc) is 3.22. The molecule has 0 aromatic carbocycles. The minimum Gasteiger partial charge on any atom is -0.436 e. The number of ether oxygens (including phenoxy) is 1. The Morgan fingerprint density at radius 3 is 2.74 bits per heavy atom. The topological polar surface area (TPSA) is 151 Å². The molecular formula is C23H29N7O5. The van der Waals surface area contributed by atoms with Crippen molar-refractivity contribution in [1.29, 1.82) is 0 Å². The van der Waals surface area contributed by atoms with E-state index < -0.39 is 29.9 Å². The van der Waals surface area contributed by atoms with E-state index in [0.717, 1.165) is 12.8 Å². The number of anilines is 1. The maximum Gasteiger partial charge on any atom is 0.408 e. The lowest BCUT2D eigenvalue weighted by Crippen LogP contribution is -2.44. The number of Topliss-reactive ketones (excluding diaryl/α,β-unsaturated/α-hetero) is 1. The van der Waals surface area contributed by atoms with Crippen molar-refractivity contribution < 1.29 is 23.6 Å². The Bertz CT molecular complexity index is 1130. The maximum absolute atomic E-state index is 13.0. The van der Waals surface area contributed by atoms with Crippen LogP contribution in [-0.4, -0.2) is 49.5 Å². The molecule has 3 atom stereocenters. The van der Waals surface area contributed by atoms with Crippen LogP contribution in [0.1, 0.15) is 59.0 Å². The molecule has 1 aliphatic rings. The number of aromatic amines is 1. The fourth-order valence-corrected chi connectivity index (χ4v) is 3.50. The number of carbonyl (C=O) groups excluding carboxylic acids is 2. The van der Waals surface area contributed by atoms with Gasteiger partial charge < -0.3 is 14.5 Å². The summed E-state index contributed by atoms with van der Waals surface area (Å²) in [7, 11) is 0. The molecule has 12 nitrogen and oxygen atoms in total. The van der Waals surface area contributed by atoms with Crippen molar-refractivity contribution in [2.45, 2.75) is 65.3 Å². The van der Waals surface area contributed by atoms with Crippen LogP contribution >= 0.6 is 0 Å². The zero-order valence-electron chi connectivity index (χ0n) is 20.1. The van der Waals surface area contributed by atoms with Crippen LogP contribution in [0.3, 0.4) is 0 Å². The second kappa shape index (κ2) is 10.2. The molecule has 0 radical (unpaired) electrons. The molecule has 3 aromatic heterocycles. The maximum atomic E-state index is 13.0. The number of carbonyl (C=O) groups is 2. The number of H-pyrrole nitrogens is 1. The van der Waals surface area contributed by atoms with Gasteiger partial charge >= 0.3 is 6.09 Å². The van der Waals surface area contributed by atoms with Gasteiger partial charge in [-0.1, -0.05) is 40.5 Å². The molecule has 4 rings (SSSR count). The fraction of sp³-hybridized carbons (Fsp3) is 0.478. The molecule has 35 heavy (non-hydrogen) atoms. The van der Waals surface area contributed by atoms with Gasteiger partial charge in [0.2, 0.25) is 17.9 Å². The monoisotopic (exact) mass is 483 g/mol. The van der Waals surface area contributed by atoms with E-state index in [1.165, 1.54) is 5.06 Å². The number of nitrogens with zero attached hydrogens (tertiary/aromatic N) is 5. The van der Waals surface area contributed by atoms with E-state index in [-0.39, 0.29) is 17.6 Å². The van der Waals surface area contributed by atoms with E-state index in [9.17, 15) is 9.59 Å². The summed E-state index contributed by atoms with van der Waals surface area (Å²) < 4.78 is 11.5. The number of aromatic nitrogens is 5. The second-order valence-corrected chi connectivity index (χ2v) is 9.31. The van der Waals surface area contributed by atoms with E-state index >= 15 is 0 Å². The number of hydrogen-bond donors (Lipinski definition) is 2. The van der Waals surface area contributed by atoms with Gasteiger partial charge in [0, 0.05) is 23.9 Å².